The number of para-hydroxylation sites is 1. The number of hydrogen-bond donors (Lipinski definition) is 2. The number of carbonyl (C=O) groups is 2. The van der Waals surface area contributed by atoms with E-state index in [0.717, 1.165) is 4.57 Å². The Labute approximate surface area is 143 Å². The Morgan fingerprint density at radius 2 is 1.92 bits per heavy atom. The van der Waals surface area contributed by atoms with Gasteiger partial charge in [0.1, 0.15) is 0 Å². The van der Waals surface area contributed by atoms with Crippen molar-refractivity contribution in [2.24, 2.45) is 5.92 Å². The van der Waals surface area contributed by atoms with Gasteiger partial charge in [-0.25, -0.2) is 4.79 Å². The molecule has 0 saturated heterocycles. The van der Waals surface area contributed by atoms with E-state index in [9.17, 15) is 24.3 Å². The zero-order valence-electron chi connectivity index (χ0n) is 14.1. The number of nitrogens with one attached hydrogen (secondary N) is 2. The van der Waals surface area contributed by atoms with Crippen molar-refractivity contribution < 1.29 is 14.7 Å². The van der Waals surface area contributed by atoms with Gasteiger partial charge in [-0.15, -0.1) is 0 Å². The van der Waals surface area contributed by atoms with Crippen LogP contribution in [0, 0.1) is 5.92 Å². The molecule has 0 bridgehead atoms. The van der Waals surface area contributed by atoms with Gasteiger partial charge in [0.05, 0.1) is 22.9 Å². The standard InChI is InChI=1S/C17H21N3O5/c1-10(2)9-13(16(23)24)18-14(21)7-8-20-15(22)11-5-3-4-6-12(11)19-17(20)25/h3-6,10,13H,7-9H2,1-2H3,(H,18,21)(H,19,25)(H,23,24)/p-1/t13-/m0/s1. The highest BCUT2D eigenvalue weighted by Gasteiger charge is 2.16. The van der Waals surface area contributed by atoms with Crippen molar-refractivity contribution in [3.05, 3.63) is 45.1 Å². The number of aromatic amines is 1. The number of amides is 1. The Morgan fingerprint density at radius 3 is 2.56 bits per heavy atom. The molecule has 8 heteroatoms. The number of aliphatic carboxylic acids is 1. The minimum Gasteiger partial charge on any atom is -0.548 e. The number of hydrogen-bond acceptors (Lipinski definition) is 5. The van der Waals surface area contributed by atoms with Gasteiger partial charge in [0.15, 0.2) is 0 Å². The lowest BCUT2D eigenvalue weighted by atomic mass is 10.0. The number of carboxylic acid groups (broad SMARTS) is 1. The molecular weight excluding hydrogens is 326 g/mol. The second kappa shape index (κ2) is 7.78. The summed E-state index contributed by atoms with van der Waals surface area (Å²) < 4.78 is 0.929. The molecule has 1 aromatic carbocycles. The number of aromatic nitrogens is 2. The van der Waals surface area contributed by atoms with Crippen LogP contribution in [0.25, 0.3) is 10.9 Å². The summed E-state index contributed by atoms with van der Waals surface area (Å²) in [5, 5.41) is 13.8. The summed E-state index contributed by atoms with van der Waals surface area (Å²) in [7, 11) is 0. The van der Waals surface area contributed by atoms with Gasteiger partial charge < -0.3 is 20.2 Å². The van der Waals surface area contributed by atoms with Crippen LogP contribution in [0.3, 0.4) is 0 Å². The van der Waals surface area contributed by atoms with Crippen LogP contribution in [0.1, 0.15) is 26.7 Å². The van der Waals surface area contributed by atoms with Gasteiger partial charge in [0.2, 0.25) is 5.91 Å². The Morgan fingerprint density at radius 1 is 1.24 bits per heavy atom. The third-order valence-electron chi connectivity index (χ3n) is 3.78. The van der Waals surface area contributed by atoms with E-state index in [1.165, 1.54) is 0 Å². The number of rotatable bonds is 7. The Bertz CT molecular complexity index is 897. The predicted octanol–water partition coefficient (Wildman–Crippen LogP) is -0.639. The molecule has 2 aromatic rings. The number of benzene rings is 1. The first kappa shape index (κ1) is 18.4. The van der Waals surface area contributed by atoms with Crippen molar-refractivity contribution in [3.63, 3.8) is 0 Å². The summed E-state index contributed by atoms with van der Waals surface area (Å²) in [5.41, 5.74) is -0.687. The van der Waals surface area contributed by atoms with E-state index in [1.807, 2.05) is 13.8 Å². The number of H-pyrrole nitrogens is 1. The maximum atomic E-state index is 12.3. The average molecular weight is 346 g/mol. The quantitative estimate of drug-likeness (QED) is 0.690. The Hall–Kier alpha value is -2.90. The monoisotopic (exact) mass is 346 g/mol. The van der Waals surface area contributed by atoms with Crippen LogP contribution in [0.15, 0.2) is 33.9 Å². The lowest BCUT2D eigenvalue weighted by molar-refractivity contribution is -0.308. The highest BCUT2D eigenvalue weighted by Crippen LogP contribution is 2.05. The fraction of sp³-hybridized carbons (Fsp3) is 0.412. The van der Waals surface area contributed by atoms with Crippen molar-refractivity contribution in [3.8, 4) is 0 Å². The van der Waals surface area contributed by atoms with Gasteiger partial charge in [0.25, 0.3) is 5.56 Å². The molecular formula is C17H20N3O5-. The Kier molecular flexibility index (Phi) is 5.74. The summed E-state index contributed by atoms with van der Waals surface area (Å²) in [6.07, 6.45) is 0.0494. The molecule has 0 aliphatic heterocycles. The van der Waals surface area contributed by atoms with E-state index in [-0.39, 0.29) is 25.3 Å². The molecule has 1 heterocycles. The van der Waals surface area contributed by atoms with Crippen LogP contribution >= 0.6 is 0 Å². The normalized spacial score (nSPS) is 12.3. The summed E-state index contributed by atoms with van der Waals surface area (Å²) in [6.45, 7) is 3.51. The zero-order valence-corrected chi connectivity index (χ0v) is 14.1. The predicted molar refractivity (Wildman–Crippen MR) is 89.8 cm³/mol. The smallest absolute Gasteiger partial charge is 0.328 e. The van der Waals surface area contributed by atoms with Crippen LogP contribution in [-0.4, -0.2) is 27.5 Å². The molecule has 0 unspecified atom stereocenters. The largest absolute Gasteiger partial charge is 0.548 e. The van der Waals surface area contributed by atoms with Crippen molar-refractivity contribution in [1.82, 2.24) is 14.9 Å². The molecule has 1 atom stereocenters. The first-order chi connectivity index (χ1) is 11.8. The minimum absolute atomic E-state index is 0.0640. The molecule has 0 radical (unpaired) electrons. The maximum Gasteiger partial charge on any atom is 0.328 e. The van der Waals surface area contributed by atoms with Gasteiger partial charge in [0, 0.05) is 13.0 Å². The second-order valence-electron chi connectivity index (χ2n) is 6.25. The summed E-state index contributed by atoms with van der Waals surface area (Å²) in [6, 6.07) is 5.48. The number of fused-ring (bicyclic) bond motifs is 1. The second-order valence-corrected chi connectivity index (χ2v) is 6.25. The first-order valence-electron chi connectivity index (χ1n) is 8.01. The summed E-state index contributed by atoms with van der Waals surface area (Å²) in [5.74, 6) is -1.86. The fourth-order valence-electron chi connectivity index (χ4n) is 2.57. The van der Waals surface area contributed by atoms with Gasteiger partial charge in [-0.2, -0.15) is 0 Å². The van der Waals surface area contributed by atoms with Gasteiger partial charge in [-0.1, -0.05) is 26.0 Å². The van der Waals surface area contributed by atoms with Crippen molar-refractivity contribution in [2.75, 3.05) is 0 Å². The van der Waals surface area contributed by atoms with E-state index >= 15 is 0 Å². The lowest BCUT2D eigenvalue weighted by Gasteiger charge is -2.21. The van der Waals surface area contributed by atoms with Gasteiger partial charge >= 0.3 is 5.69 Å². The molecule has 2 rings (SSSR count). The van der Waals surface area contributed by atoms with Crippen LogP contribution in [0.5, 0.6) is 0 Å². The number of carboxylic acids is 1. The van der Waals surface area contributed by atoms with E-state index in [4.69, 9.17) is 0 Å². The minimum atomic E-state index is -1.36. The number of carbonyl (C=O) groups excluding carboxylic acids is 2. The van der Waals surface area contributed by atoms with Crippen LogP contribution in [0.4, 0.5) is 0 Å². The van der Waals surface area contributed by atoms with Crippen molar-refractivity contribution >= 4 is 22.8 Å². The molecule has 0 aliphatic rings. The third-order valence-corrected chi connectivity index (χ3v) is 3.78. The van der Waals surface area contributed by atoms with Crippen molar-refractivity contribution in [1.29, 1.82) is 0 Å². The molecule has 134 valence electrons. The molecule has 0 spiro atoms. The first-order valence-corrected chi connectivity index (χ1v) is 8.01. The molecule has 8 nitrogen and oxygen atoms in total. The lowest BCUT2D eigenvalue weighted by Crippen LogP contribution is -2.49. The SMILES string of the molecule is CC(C)C[C@H](NC(=O)CCn1c(=O)[nH]c2ccccc2c1=O)C(=O)[O-]. The zero-order chi connectivity index (χ0) is 18.6. The van der Waals surface area contributed by atoms with Crippen LogP contribution in [0.2, 0.25) is 0 Å². The van der Waals surface area contributed by atoms with E-state index in [1.54, 1.807) is 24.3 Å². The molecule has 0 aliphatic carbocycles. The average Bonchev–Trinajstić information content (AvgIpc) is 2.53. The third kappa shape index (κ3) is 4.56. The van der Waals surface area contributed by atoms with E-state index < -0.39 is 29.2 Å². The molecule has 2 N–H and O–H groups in total. The topological polar surface area (TPSA) is 124 Å². The van der Waals surface area contributed by atoms with Crippen molar-refractivity contribution in [2.45, 2.75) is 39.3 Å². The highest BCUT2D eigenvalue weighted by atomic mass is 16.4. The molecule has 0 saturated carbocycles. The molecule has 0 fully saturated rings. The highest BCUT2D eigenvalue weighted by molar-refractivity contribution is 5.82. The fourth-order valence-corrected chi connectivity index (χ4v) is 2.57. The van der Waals surface area contributed by atoms with Gasteiger partial charge in [-0.3, -0.25) is 14.2 Å². The molecule has 25 heavy (non-hydrogen) atoms. The molecule has 1 amide bonds. The summed E-state index contributed by atoms with van der Waals surface area (Å²) >= 11 is 0. The molecule has 1 aromatic heterocycles. The Balaban J connectivity index is 2.12. The summed E-state index contributed by atoms with van der Waals surface area (Å²) in [4.78, 5) is 50.0. The van der Waals surface area contributed by atoms with Crippen LogP contribution in [-0.2, 0) is 16.1 Å². The van der Waals surface area contributed by atoms with E-state index in [0.29, 0.717) is 10.9 Å². The van der Waals surface area contributed by atoms with Gasteiger partial charge in [-0.05, 0) is 24.5 Å². The van der Waals surface area contributed by atoms with E-state index in [2.05, 4.69) is 10.3 Å². The maximum absolute atomic E-state index is 12.3. The van der Waals surface area contributed by atoms with Crippen LogP contribution < -0.4 is 21.7 Å². The number of nitrogens with zero attached hydrogens (tertiary/aromatic N) is 1.